The van der Waals surface area contributed by atoms with E-state index in [4.69, 9.17) is 4.74 Å². The molecular weight excluding hydrogens is 323 g/mol. The third-order valence-corrected chi connectivity index (χ3v) is 5.35. The van der Waals surface area contributed by atoms with Crippen molar-refractivity contribution in [2.75, 3.05) is 11.9 Å². The number of benzene rings is 2. The quantitative estimate of drug-likeness (QED) is 0.575. The fraction of sp³-hybridized carbons (Fsp3) is 0.263. The molecule has 128 valence electrons. The number of fused-ring (bicyclic) bond motifs is 2. The predicted molar refractivity (Wildman–Crippen MR) is 93.3 cm³/mol. The normalized spacial score (nSPS) is 22.5. The van der Waals surface area contributed by atoms with Gasteiger partial charge in [0.25, 0.3) is 5.69 Å². The zero-order valence-corrected chi connectivity index (χ0v) is 14.1. The first-order valence-electron chi connectivity index (χ1n) is 7.97. The van der Waals surface area contributed by atoms with Crippen LogP contribution in [-0.4, -0.2) is 17.7 Å². The van der Waals surface area contributed by atoms with E-state index in [0.717, 1.165) is 17.3 Å². The van der Waals surface area contributed by atoms with Gasteiger partial charge in [0.2, 0.25) is 5.72 Å². The summed E-state index contributed by atoms with van der Waals surface area (Å²) in [5.74, 6) is -0.686. The number of para-hydroxylation sites is 1. The van der Waals surface area contributed by atoms with Crippen LogP contribution in [0.25, 0.3) is 6.08 Å². The van der Waals surface area contributed by atoms with Crippen molar-refractivity contribution in [3.05, 3.63) is 69.5 Å². The Morgan fingerprint density at radius 3 is 2.64 bits per heavy atom. The molecule has 2 aliphatic rings. The van der Waals surface area contributed by atoms with Crippen LogP contribution < -0.4 is 9.64 Å². The molecule has 2 aromatic carbocycles. The number of rotatable bonds is 1. The highest BCUT2D eigenvalue weighted by molar-refractivity contribution is 5.72. The van der Waals surface area contributed by atoms with Crippen molar-refractivity contribution in [1.82, 2.24) is 0 Å². The van der Waals surface area contributed by atoms with E-state index < -0.39 is 21.9 Å². The maximum absolute atomic E-state index is 14.6. The minimum atomic E-state index is -0.902. The van der Waals surface area contributed by atoms with Gasteiger partial charge >= 0.3 is 0 Å². The van der Waals surface area contributed by atoms with Crippen molar-refractivity contribution < 1.29 is 14.1 Å². The number of nitro groups is 1. The molecule has 1 spiro atoms. The van der Waals surface area contributed by atoms with Crippen molar-refractivity contribution in [2.24, 2.45) is 0 Å². The molecule has 0 aromatic heterocycles. The van der Waals surface area contributed by atoms with Crippen LogP contribution in [0.1, 0.15) is 25.0 Å². The number of nitro benzene ring substituents is 1. The summed E-state index contributed by atoms with van der Waals surface area (Å²) < 4.78 is 20.8. The molecule has 0 amide bonds. The lowest BCUT2D eigenvalue weighted by Crippen LogP contribution is -2.58. The summed E-state index contributed by atoms with van der Waals surface area (Å²) in [5.41, 5.74) is 0.859. The fourth-order valence-corrected chi connectivity index (χ4v) is 3.93. The van der Waals surface area contributed by atoms with E-state index in [9.17, 15) is 14.5 Å². The molecule has 0 saturated carbocycles. The minimum Gasteiger partial charge on any atom is -0.460 e. The Morgan fingerprint density at radius 2 is 1.96 bits per heavy atom. The lowest BCUT2D eigenvalue weighted by molar-refractivity contribution is -0.385. The predicted octanol–water partition coefficient (Wildman–Crippen LogP) is 4.26. The van der Waals surface area contributed by atoms with Gasteiger partial charge in [-0.1, -0.05) is 18.2 Å². The number of hydrogen-bond donors (Lipinski definition) is 0. The van der Waals surface area contributed by atoms with Gasteiger partial charge in [0, 0.05) is 24.4 Å². The second-order valence-corrected chi connectivity index (χ2v) is 6.94. The summed E-state index contributed by atoms with van der Waals surface area (Å²) in [5, 5.41) is 11.0. The fourth-order valence-electron chi connectivity index (χ4n) is 3.93. The van der Waals surface area contributed by atoms with E-state index >= 15 is 0 Å². The van der Waals surface area contributed by atoms with Gasteiger partial charge in [-0.05, 0) is 37.6 Å². The first-order valence-corrected chi connectivity index (χ1v) is 7.97. The SMILES string of the molecule is CN1c2ccccc2C(C)(C)C12C=Cc1cc([N+](=O)[O-])cc(F)c1O2. The van der Waals surface area contributed by atoms with E-state index in [1.54, 1.807) is 6.08 Å². The lowest BCUT2D eigenvalue weighted by atomic mass is 9.76. The molecule has 5 nitrogen and oxygen atoms in total. The van der Waals surface area contributed by atoms with E-state index in [2.05, 4.69) is 0 Å². The van der Waals surface area contributed by atoms with Gasteiger partial charge in [-0.15, -0.1) is 0 Å². The van der Waals surface area contributed by atoms with Crippen LogP contribution in [-0.2, 0) is 5.41 Å². The molecule has 0 radical (unpaired) electrons. The van der Waals surface area contributed by atoms with Crippen molar-refractivity contribution in [2.45, 2.75) is 25.0 Å². The summed E-state index contributed by atoms with van der Waals surface area (Å²) in [7, 11) is 1.91. The number of likely N-dealkylation sites (N-methyl/N-ethyl adjacent to an activating group) is 1. The Morgan fingerprint density at radius 1 is 1.24 bits per heavy atom. The number of ether oxygens (including phenoxy) is 1. The highest BCUT2D eigenvalue weighted by Gasteiger charge is 2.57. The first-order chi connectivity index (χ1) is 11.8. The number of non-ortho nitro benzene ring substituents is 1. The Kier molecular flexibility index (Phi) is 3.01. The van der Waals surface area contributed by atoms with Gasteiger partial charge in [-0.3, -0.25) is 10.1 Å². The molecule has 0 fully saturated rings. The maximum Gasteiger partial charge on any atom is 0.273 e. The molecule has 6 heteroatoms. The van der Waals surface area contributed by atoms with Crippen molar-refractivity contribution in [1.29, 1.82) is 0 Å². The Hall–Kier alpha value is -2.89. The maximum atomic E-state index is 14.6. The summed E-state index contributed by atoms with van der Waals surface area (Å²) in [6, 6.07) is 10.2. The molecule has 0 aliphatic carbocycles. The topological polar surface area (TPSA) is 55.6 Å². The lowest BCUT2D eigenvalue weighted by Gasteiger charge is -2.45. The monoisotopic (exact) mass is 340 g/mol. The molecule has 0 N–H and O–H groups in total. The summed E-state index contributed by atoms with van der Waals surface area (Å²) in [6.45, 7) is 4.10. The van der Waals surface area contributed by atoms with Gasteiger partial charge in [0.15, 0.2) is 11.6 Å². The third-order valence-electron chi connectivity index (χ3n) is 5.35. The number of anilines is 1. The third kappa shape index (κ3) is 1.88. The van der Waals surface area contributed by atoms with Crippen molar-refractivity contribution >= 4 is 17.5 Å². The van der Waals surface area contributed by atoms with Crippen molar-refractivity contribution in [3.63, 3.8) is 0 Å². The zero-order chi connectivity index (χ0) is 18.0. The van der Waals surface area contributed by atoms with Gasteiger partial charge < -0.3 is 9.64 Å². The zero-order valence-electron chi connectivity index (χ0n) is 14.1. The average Bonchev–Trinajstić information content (AvgIpc) is 2.75. The van der Waals surface area contributed by atoms with Crippen LogP contribution in [0.3, 0.4) is 0 Å². The molecule has 0 saturated heterocycles. The number of nitrogens with zero attached hydrogens (tertiary/aromatic N) is 2. The van der Waals surface area contributed by atoms with Crippen LogP contribution in [0.4, 0.5) is 15.8 Å². The molecule has 4 rings (SSSR count). The second-order valence-electron chi connectivity index (χ2n) is 6.94. The second kappa shape index (κ2) is 4.81. The Bertz CT molecular complexity index is 938. The number of halogens is 1. The molecule has 2 aliphatic heterocycles. The summed E-state index contributed by atoms with van der Waals surface area (Å²) in [6.07, 6.45) is 3.57. The molecule has 2 aromatic rings. The van der Waals surface area contributed by atoms with Crippen LogP contribution in [0.2, 0.25) is 0 Å². The van der Waals surface area contributed by atoms with Crippen LogP contribution in [0.5, 0.6) is 5.75 Å². The summed E-state index contributed by atoms with van der Waals surface area (Å²) in [4.78, 5) is 12.3. The molecule has 1 atom stereocenters. The highest BCUT2D eigenvalue weighted by atomic mass is 19.1. The largest absolute Gasteiger partial charge is 0.460 e. The standard InChI is InChI=1S/C19H17FN2O3/c1-18(2)14-6-4-5-7-16(14)21(3)19(18)9-8-12-10-13(22(23)24)11-15(20)17(12)25-19/h4-11H,1-3H3. The number of hydrogen-bond acceptors (Lipinski definition) is 4. The molecular formula is C19H17FN2O3. The molecule has 0 bridgehead atoms. The Labute approximate surface area is 144 Å². The first kappa shape index (κ1) is 15.6. The van der Waals surface area contributed by atoms with Gasteiger partial charge in [-0.25, -0.2) is 4.39 Å². The Balaban J connectivity index is 1.88. The highest BCUT2D eigenvalue weighted by Crippen LogP contribution is 2.54. The molecule has 25 heavy (non-hydrogen) atoms. The van der Waals surface area contributed by atoms with E-state index in [-0.39, 0.29) is 11.4 Å². The average molecular weight is 340 g/mol. The van der Waals surface area contributed by atoms with Gasteiger partial charge in [0.05, 0.1) is 16.4 Å². The van der Waals surface area contributed by atoms with Gasteiger partial charge in [-0.2, -0.15) is 0 Å². The van der Waals surface area contributed by atoms with Crippen molar-refractivity contribution in [3.8, 4) is 5.75 Å². The minimum absolute atomic E-state index is 0.0424. The van der Waals surface area contributed by atoms with E-state index in [1.807, 2.05) is 56.1 Å². The summed E-state index contributed by atoms with van der Waals surface area (Å²) >= 11 is 0. The molecule has 2 heterocycles. The van der Waals surface area contributed by atoms with E-state index in [1.165, 1.54) is 6.07 Å². The van der Waals surface area contributed by atoms with E-state index in [0.29, 0.717) is 5.56 Å². The molecule has 1 unspecified atom stereocenters. The van der Waals surface area contributed by atoms with Crippen LogP contribution in [0.15, 0.2) is 42.5 Å². The van der Waals surface area contributed by atoms with Gasteiger partial charge in [0.1, 0.15) is 0 Å². The van der Waals surface area contributed by atoms with Crippen LogP contribution >= 0.6 is 0 Å². The smallest absolute Gasteiger partial charge is 0.273 e. The van der Waals surface area contributed by atoms with Crippen LogP contribution in [0, 0.1) is 15.9 Å².